The number of nitrogens with zero attached hydrogens (tertiary/aromatic N) is 3. The van der Waals surface area contributed by atoms with Crippen LogP contribution in [-0.2, 0) is 51.3 Å². The summed E-state index contributed by atoms with van der Waals surface area (Å²) < 4.78 is 23.3. The highest BCUT2D eigenvalue weighted by Gasteiger charge is 2.24. The van der Waals surface area contributed by atoms with Crippen molar-refractivity contribution in [3.63, 3.8) is 0 Å². The average Bonchev–Trinajstić information content (AvgIpc) is 3.35. The molecular formula is C30H41IN6O9. The molecule has 0 saturated heterocycles. The minimum atomic E-state index is -1.05. The fourth-order valence-electron chi connectivity index (χ4n) is 4.25. The molecule has 0 fully saturated rings. The van der Waals surface area contributed by atoms with Gasteiger partial charge < -0.3 is 44.6 Å². The summed E-state index contributed by atoms with van der Waals surface area (Å²) in [6, 6.07) is 7.45. The van der Waals surface area contributed by atoms with Crippen LogP contribution < -0.4 is 16.0 Å². The first kappa shape index (κ1) is 37.2. The van der Waals surface area contributed by atoms with Crippen LogP contribution in [0.2, 0.25) is 0 Å². The summed E-state index contributed by atoms with van der Waals surface area (Å²) in [6.07, 6.45) is 0.265. The number of imidazole rings is 1. The maximum atomic E-state index is 12.8. The molecule has 4 N–H and O–H groups in total. The van der Waals surface area contributed by atoms with Crippen LogP contribution in [0.15, 0.2) is 24.3 Å². The first-order valence-electron chi connectivity index (χ1n) is 14.8. The van der Waals surface area contributed by atoms with Crippen LogP contribution in [0, 0.1) is 0 Å². The number of benzene rings is 1. The molecule has 3 amide bonds. The lowest BCUT2D eigenvalue weighted by molar-refractivity contribution is -0.128. The van der Waals surface area contributed by atoms with Crippen molar-refractivity contribution in [3.8, 4) is 0 Å². The molecule has 0 aliphatic carbocycles. The summed E-state index contributed by atoms with van der Waals surface area (Å²) in [4.78, 5) is 56.8. The number of carbonyl (C=O) groups excluding carboxylic acids is 4. The van der Waals surface area contributed by atoms with Gasteiger partial charge in [-0.15, -0.1) is 0 Å². The number of nitrogens with one attached hydrogen (secondary N) is 3. The standard InChI is InChI=1S/C30H41IN6O9/c1-4-43-16-23-35-27-28(37(23)19-30(2,3)42)20-7-5-6-8-21(20)34-29(27)36-24(39)15-33-26(41)18-46-14-12-44-11-13-45-17-25(40)32-10-9-22(31)38/h5-8,42H,4,9-19H2,1-3H3,(H,32,40)(H,33,41)(H,34,36,39). The van der Waals surface area contributed by atoms with E-state index in [0.717, 1.165) is 5.39 Å². The predicted octanol–water partition coefficient (Wildman–Crippen LogP) is 1.46. The quantitative estimate of drug-likeness (QED) is 0.0699. The Bertz CT molecular complexity index is 1490. The van der Waals surface area contributed by atoms with Crippen LogP contribution in [0.25, 0.3) is 21.9 Å². The zero-order valence-corrected chi connectivity index (χ0v) is 28.4. The van der Waals surface area contributed by atoms with Crippen LogP contribution in [0.3, 0.4) is 0 Å². The summed E-state index contributed by atoms with van der Waals surface area (Å²) in [5.74, 6) is -0.493. The Balaban J connectivity index is 1.46. The van der Waals surface area contributed by atoms with Crippen LogP contribution in [-0.4, -0.2) is 106 Å². The van der Waals surface area contributed by atoms with Crippen molar-refractivity contribution in [2.24, 2.45) is 0 Å². The molecule has 0 atom stereocenters. The van der Waals surface area contributed by atoms with E-state index in [9.17, 15) is 24.3 Å². The number of ether oxygens (including phenoxy) is 4. The molecule has 2 heterocycles. The number of halogens is 1. The van der Waals surface area contributed by atoms with E-state index in [1.807, 2.05) is 35.8 Å². The number of anilines is 1. The summed E-state index contributed by atoms with van der Waals surface area (Å²) in [5, 5.41) is 19.3. The van der Waals surface area contributed by atoms with Gasteiger partial charge >= 0.3 is 0 Å². The topological polar surface area (TPSA) is 192 Å². The van der Waals surface area contributed by atoms with Gasteiger partial charge in [0.05, 0.1) is 56.2 Å². The fourth-order valence-corrected chi connectivity index (χ4v) is 4.52. The Morgan fingerprint density at radius 3 is 2.22 bits per heavy atom. The first-order valence-corrected chi connectivity index (χ1v) is 15.9. The maximum absolute atomic E-state index is 12.8. The van der Waals surface area contributed by atoms with Crippen molar-refractivity contribution in [2.75, 3.05) is 64.7 Å². The Morgan fingerprint density at radius 1 is 0.913 bits per heavy atom. The third kappa shape index (κ3) is 12.5. The molecule has 0 saturated carbocycles. The van der Waals surface area contributed by atoms with Gasteiger partial charge in [0.15, 0.2) is 9.61 Å². The largest absolute Gasteiger partial charge is 0.389 e. The number of rotatable bonds is 21. The summed E-state index contributed by atoms with van der Waals surface area (Å²) in [7, 11) is 0. The van der Waals surface area contributed by atoms with E-state index in [-0.39, 0.29) is 87.8 Å². The van der Waals surface area contributed by atoms with Crippen LogP contribution in [0.5, 0.6) is 0 Å². The second-order valence-corrected chi connectivity index (χ2v) is 11.9. The zero-order valence-electron chi connectivity index (χ0n) is 26.2. The number of para-hydroxylation sites is 1. The number of pyridine rings is 1. The van der Waals surface area contributed by atoms with Gasteiger partial charge in [-0.2, -0.15) is 0 Å². The molecule has 0 bridgehead atoms. The van der Waals surface area contributed by atoms with E-state index in [0.29, 0.717) is 29.0 Å². The van der Waals surface area contributed by atoms with Gasteiger partial charge in [-0.25, -0.2) is 9.97 Å². The SMILES string of the molecule is CCOCc1nc2c(NC(=O)CNC(=O)COCCOCCOCC(=O)NCCC(=O)I)nc3ccccc3c2n1CC(C)(C)O. The molecule has 1 aromatic carbocycles. The first-order chi connectivity index (χ1) is 22.0. The molecule has 3 rings (SSSR count). The smallest absolute Gasteiger partial charge is 0.246 e. The van der Waals surface area contributed by atoms with Crippen LogP contribution in [0.1, 0.15) is 33.0 Å². The van der Waals surface area contributed by atoms with Crippen LogP contribution in [0.4, 0.5) is 5.82 Å². The lowest BCUT2D eigenvalue weighted by Crippen LogP contribution is -2.35. The minimum absolute atomic E-state index is 0.0326. The second-order valence-electron chi connectivity index (χ2n) is 10.7. The second kappa shape index (κ2) is 18.8. The molecule has 0 aliphatic heterocycles. The van der Waals surface area contributed by atoms with E-state index in [4.69, 9.17) is 23.9 Å². The summed E-state index contributed by atoms with van der Waals surface area (Å²) >= 11 is 1.67. The van der Waals surface area contributed by atoms with E-state index in [1.54, 1.807) is 36.4 Å². The van der Waals surface area contributed by atoms with E-state index < -0.39 is 17.4 Å². The van der Waals surface area contributed by atoms with E-state index in [2.05, 4.69) is 20.9 Å². The highest BCUT2D eigenvalue weighted by Crippen LogP contribution is 2.31. The van der Waals surface area contributed by atoms with Gasteiger partial charge in [-0.05, 0) is 49.4 Å². The van der Waals surface area contributed by atoms with Crippen molar-refractivity contribution in [3.05, 3.63) is 30.1 Å². The Morgan fingerprint density at radius 2 is 1.57 bits per heavy atom. The summed E-state index contributed by atoms with van der Waals surface area (Å²) in [6.45, 7) is 6.54. The number of hydrogen-bond acceptors (Lipinski definition) is 11. The number of fused-ring (bicyclic) bond motifs is 3. The minimum Gasteiger partial charge on any atom is -0.389 e. The molecule has 0 radical (unpaired) electrons. The van der Waals surface area contributed by atoms with Gasteiger partial charge in [-0.1, -0.05) is 18.2 Å². The lowest BCUT2D eigenvalue weighted by Gasteiger charge is -2.20. The normalized spacial score (nSPS) is 11.6. The van der Waals surface area contributed by atoms with E-state index >= 15 is 0 Å². The van der Waals surface area contributed by atoms with Crippen molar-refractivity contribution in [1.82, 2.24) is 25.2 Å². The Labute approximate surface area is 280 Å². The third-order valence-electron chi connectivity index (χ3n) is 6.20. The van der Waals surface area contributed by atoms with E-state index in [1.165, 1.54) is 0 Å². The fraction of sp³-hybridized carbons (Fsp3) is 0.533. The molecule has 0 aliphatic rings. The average molecular weight is 757 g/mol. The predicted molar refractivity (Wildman–Crippen MR) is 177 cm³/mol. The number of aromatic nitrogens is 3. The Hall–Kier alpha value is -3.29. The number of carbonyl (C=O) groups is 4. The lowest BCUT2D eigenvalue weighted by atomic mass is 10.1. The van der Waals surface area contributed by atoms with Crippen LogP contribution >= 0.6 is 22.6 Å². The molecular weight excluding hydrogens is 715 g/mol. The van der Waals surface area contributed by atoms with Crippen molar-refractivity contribution >= 4 is 71.9 Å². The highest BCUT2D eigenvalue weighted by atomic mass is 127. The van der Waals surface area contributed by atoms with Gasteiger partial charge in [0.2, 0.25) is 17.7 Å². The van der Waals surface area contributed by atoms with Gasteiger partial charge in [-0.3, -0.25) is 19.2 Å². The van der Waals surface area contributed by atoms with Crippen molar-refractivity contribution < 1.29 is 43.2 Å². The Kier molecular flexibility index (Phi) is 15.2. The highest BCUT2D eigenvalue weighted by molar-refractivity contribution is 14.1. The number of aliphatic hydroxyl groups is 1. The number of hydrogen-bond donors (Lipinski definition) is 4. The molecule has 3 aromatic rings. The van der Waals surface area contributed by atoms with Gasteiger partial charge in [0, 0.05) is 25.0 Å². The monoisotopic (exact) mass is 756 g/mol. The van der Waals surface area contributed by atoms with Gasteiger partial charge in [0.1, 0.15) is 31.2 Å². The maximum Gasteiger partial charge on any atom is 0.246 e. The number of amides is 3. The molecule has 46 heavy (non-hydrogen) atoms. The molecule has 2 aromatic heterocycles. The molecule has 0 unspecified atom stereocenters. The molecule has 252 valence electrons. The van der Waals surface area contributed by atoms with Crippen molar-refractivity contribution in [2.45, 2.75) is 45.9 Å². The third-order valence-corrected chi connectivity index (χ3v) is 6.74. The molecule has 16 heteroatoms. The summed E-state index contributed by atoms with van der Waals surface area (Å²) in [5.41, 5.74) is 0.726. The molecule has 0 spiro atoms. The van der Waals surface area contributed by atoms with Gasteiger partial charge in [0.25, 0.3) is 0 Å². The zero-order chi connectivity index (χ0) is 33.5. The van der Waals surface area contributed by atoms with Crippen molar-refractivity contribution in [1.29, 1.82) is 0 Å². The molecule has 15 nitrogen and oxygen atoms in total.